The van der Waals surface area contributed by atoms with Crippen LogP contribution >= 0.6 is 0 Å². The van der Waals surface area contributed by atoms with Gasteiger partial charge in [0.2, 0.25) is 5.78 Å². The molecule has 0 spiro atoms. The van der Waals surface area contributed by atoms with E-state index in [-0.39, 0.29) is 18.4 Å². The molecule has 102 valence electrons. The van der Waals surface area contributed by atoms with E-state index in [4.69, 9.17) is 0 Å². The molecule has 0 bridgehead atoms. The van der Waals surface area contributed by atoms with Crippen LogP contribution in [-0.4, -0.2) is 40.9 Å². The number of hydrogen-bond acceptors (Lipinski definition) is 5. The SMILES string of the molecule is CNC(=O)C(=O)CCC(C)NC(=O)c1ccnnc1. The highest BCUT2D eigenvalue weighted by atomic mass is 16.2. The first-order valence-corrected chi connectivity index (χ1v) is 5.87. The van der Waals surface area contributed by atoms with Gasteiger partial charge in [0, 0.05) is 19.5 Å². The summed E-state index contributed by atoms with van der Waals surface area (Å²) in [4.78, 5) is 34.0. The maximum absolute atomic E-state index is 11.7. The lowest BCUT2D eigenvalue weighted by atomic mass is 10.1. The van der Waals surface area contributed by atoms with Crippen molar-refractivity contribution >= 4 is 17.6 Å². The van der Waals surface area contributed by atoms with E-state index in [9.17, 15) is 14.4 Å². The predicted octanol–water partition coefficient (Wildman–Crippen LogP) is -0.310. The molecule has 0 saturated heterocycles. The van der Waals surface area contributed by atoms with Crippen LogP contribution < -0.4 is 10.6 Å². The lowest BCUT2D eigenvalue weighted by Crippen LogP contribution is -2.34. The highest BCUT2D eigenvalue weighted by Gasteiger charge is 2.15. The molecule has 0 saturated carbocycles. The van der Waals surface area contributed by atoms with E-state index in [2.05, 4.69) is 20.8 Å². The lowest BCUT2D eigenvalue weighted by Gasteiger charge is -2.12. The molecule has 1 unspecified atom stereocenters. The molecule has 1 aromatic rings. The van der Waals surface area contributed by atoms with Gasteiger partial charge in [0.15, 0.2) is 0 Å². The Labute approximate surface area is 110 Å². The number of aromatic nitrogens is 2. The molecule has 1 aromatic heterocycles. The van der Waals surface area contributed by atoms with Gasteiger partial charge in [-0.25, -0.2) is 0 Å². The molecular formula is C12H16N4O3. The standard InChI is InChI=1S/C12H16N4O3/c1-8(3-4-10(17)12(19)13-2)16-11(18)9-5-6-14-15-7-9/h5-8H,3-4H2,1-2H3,(H,13,19)(H,16,18). The number of carbonyl (C=O) groups excluding carboxylic acids is 3. The van der Waals surface area contributed by atoms with E-state index in [1.807, 2.05) is 0 Å². The third kappa shape index (κ3) is 4.82. The minimum atomic E-state index is -0.614. The molecule has 2 amide bonds. The van der Waals surface area contributed by atoms with Gasteiger partial charge < -0.3 is 10.6 Å². The number of likely N-dealkylation sites (N-methyl/N-ethyl adjacent to an activating group) is 1. The van der Waals surface area contributed by atoms with Crippen LogP contribution in [0.3, 0.4) is 0 Å². The second-order valence-corrected chi connectivity index (χ2v) is 4.05. The monoisotopic (exact) mass is 264 g/mol. The number of rotatable bonds is 6. The van der Waals surface area contributed by atoms with E-state index in [0.29, 0.717) is 12.0 Å². The van der Waals surface area contributed by atoms with Crippen molar-refractivity contribution in [3.8, 4) is 0 Å². The summed E-state index contributed by atoms with van der Waals surface area (Å²) in [7, 11) is 1.40. The van der Waals surface area contributed by atoms with Crippen LogP contribution in [0, 0.1) is 0 Å². The minimum absolute atomic E-state index is 0.0930. The quantitative estimate of drug-likeness (QED) is 0.686. The molecule has 0 aliphatic carbocycles. The molecule has 0 aliphatic heterocycles. The fourth-order valence-corrected chi connectivity index (χ4v) is 1.40. The smallest absolute Gasteiger partial charge is 0.287 e. The summed E-state index contributed by atoms with van der Waals surface area (Å²) >= 11 is 0. The van der Waals surface area contributed by atoms with Crippen LogP contribution in [0.1, 0.15) is 30.1 Å². The Hall–Kier alpha value is -2.31. The Morgan fingerprint density at radius 1 is 1.32 bits per heavy atom. The van der Waals surface area contributed by atoms with Crippen molar-refractivity contribution in [3.05, 3.63) is 24.0 Å². The molecule has 7 nitrogen and oxygen atoms in total. The highest BCUT2D eigenvalue weighted by Crippen LogP contribution is 2.01. The zero-order valence-corrected chi connectivity index (χ0v) is 10.8. The van der Waals surface area contributed by atoms with E-state index >= 15 is 0 Å². The molecule has 2 N–H and O–H groups in total. The molecule has 1 heterocycles. The van der Waals surface area contributed by atoms with Gasteiger partial charge in [-0.15, -0.1) is 0 Å². The van der Waals surface area contributed by atoms with Crippen LogP contribution in [0.25, 0.3) is 0 Å². The second kappa shape index (κ2) is 7.20. The third-order valence-electron chi connectivity index (χ3n) is 2.51. The summed E-state index contributed by atoms with van der Waals surface area (Å²) < 4.78 is 0. The van der Waals surface area contributed by atoms with Crippen molar-refractivity contribution in [2.75, 3.05) is 7.05 Å². The number of hydrogen-bond donors (Lipinski definition) is 2. The normalized spacial score (nSPS) is 11.5. The first-order chi connectivity index (χ1) is 9.04. The van der Waals surface area contributed by atoms with Gasteiger partial charge in [-0.3, -0.25) is 14.4 Å². The molecule has 0 aromatic carbocycles. The van der Waals surface area contributed by atoms with E-state index < -0.39 is 11.7 Å². The average molecular weight is 264 g/mol. The van der Waals surface area contributed by atoms with Crippen LogP contribution in [0.2, 0.25) is 0 Å². The van der Waals surface area contributed by atoms with Crippen molar-refractivity contribution in [2.45, 2.75) is 25.8 Å². The summed E-state index contributed by atoms with van der Waals surface area (Å²) in [5.41, 5.74) is 0.402. The summed E-state index contributed by atoms with van der Waals surface area (Å²) in [6.07, 6.45) is 3.28. The summed E-state index contributed by atoms with van der Waals surface area (Å²) in [6, 6.07) is 1.33. The molecule has 0 fully saturated rings. The van der Waals surface area contributed by atoms with Crippen molar-refractivity contribution in [2.24, 2.45) is 0 Å². The Morgan fingerprint density at radius 3 is 2.63 bits per heavy atom. The number of amides is 2. The molecule has 1 atom stereocenters. The summed E-state index contributed by atoms with van der Waals surface area (Å²) in [5, 5.41) is 12.2. The minimum Gasteiger partial charge on any atom is -0.353 e. The van der Waals surface area contributed by atoms with Crippen LogP contribution in [0.4, 0.5) is 0 Å². The predicted molar refractivity (Wildman–Crippen MR) is 67.3 cm³/mol. The van der Waals surface area contributed by atoms with Gasteiger partial charge in [-0.1, -0.05) is 0 Å². The number of carbonyl (C=O) groups is 3. The van der Waals surface area contributed by atoms with Crippen molar-refractivity contribution < 1.29 is 14.4 Å². The maximum Gasteiger partial charge on any atom is 0.287 e. The fourth-order valence-electron chi connectivity index (χ4n) is 1.40. The van der Waals surface area contributed by atoms with E-state index in [1.54, 1.807) is 13.0 Å². The topological polar surface area (TPSA) is 101 Å². The zero-order chi connectivity index (χ0) is 14.3. The van der Waals surface area contributed by atoms with Crippen LogP contribution in [0.15, 0.2) is 18.5 Å². The molecule has 7 heteroatoms. The Morgan fingerprint density at radius 2 is 2.05 bits per heavy atom. The number of ketones is 1. The highest BCUT2D eigenvalue weighted by molar-refractivity contribution is 6.36. The molecule has 19 heavy (non-hydrogen) atoms. The Balaban J connectivity index is 2.40. The van der Waals surface area contributed by atoms with E-state index in [0.717, 1.165) is 0 Å². The first kappa shape index (κ1) is 14.7. The van der Waals surface area contributed by atoms with Gasteiger partial charge >= 0.3 is 0 Å². The van der Waals surface area contributed by atoms with Gasteiger partial charge in [0.05, 0.1) is 18.0 Å². The maximum atomic E-state index is 11.7. The van der Waals surface area contributed by atoms with Gasteiger partial charge in [-0.2, -0.15) is 10.2 Å². The molecule has 0 radical (unpaired) electrons. The van der Waals surface area contributed by atoms with Crippen LogP contribution in [-0.2, 0) is 9.59 Å². The summed E-state index contributed by atoms with van der Waals surface area (Å²) in [6.45, 7) is 1.77. The van der Waals surface area contributed by atoms with Crippen molar-refractivity contribution in [1.29, 1.82) is 0 Å². The number of nitrogens with one attached hydrogen (secondary N) is 2. The Bertz CT molecular complexity index is 461. The van der Waals surface area contributed by atoms with Crippen molar-refractivity contribution in [3.63, 3.8) is 0 Å². The number of Topliss-reactive ketones (excluding diaryl/α,β-unsaturated/α-hetero) is 1. The third-order valence-corrected chi connectivity index (χ3v) is 2.51. The van der Waals surface area contributed by atoms with Crippen LogP contribution in [0.5, 0.6) is 0 Å². The van der Waals surface area contributed by atoms with E-state index in [1.165, 1.54) is 19.4 Å². The van der Waals surface area contributed by atoms with Gasteiger partial charge in [0.1, 0.15) is 0 Å². The number of nitrogens with zero attached hydrogens (tertiary/aromatic N) is 2. The fraction of sp³-hybridized carbons (Fsp3) is 0.417. The summed E-state index contributed by atoms with van der Waals surface area (Å²) in [5.74, 6) is -1.39. The molecule has 0 aliphatic rings. The second-order valence-electron chi connectivity index (χ2n) is 4.05. The lowest BCUT2D eigenvalue weighted by molar-refractivity contribution is -0.137. The zero-order valence-electron chi connectivity index (χ0n) is 10.8. The Kier molecular flexibility index (Phi) is 5.59. The van der Waals surface area contributed by atoms with Gasteiger partial charge in [0.25, 0.3) is 11.8 Å². The first-order valence-electron chi connectivity index (χ1n) is 5.87. The van der Waals surface area contributed by atoms with Crippen molar-refractivity contribution in [1.82, 2.24) is 20.8 Å². The molecular weight excluding hydrogens is 248 g/mol. The molecule has 1 rings (SSSR count). The largest absolute Gasteiger partial charge is 0.353 e. The van der Waals surface area contributed by atoms with Gasteiger partial charge in [-0.05, 0) is 19.4 Å². The average Bonchev–Trinajstić information content (AvgIpc) is 2.44.